The number of halogens is 1. The molecule has 24 heavy (non-hydrogen) atoms. The minimum atomic E-state index is -0.847. The Kier molecular flexibility index (Phi) is 4.05. The van der Waals surface area contributed by atoms with Crippen molar-refractivity contribution in [1.29, 1.82) is 0 Å². The quantitative estimate of drug-likeness (QED) is 0.864. The predicted molar refractivity (Wildman–Crippen MR) is 93.1 cm³/mol. The van der Waals surface area contributed by atoms with E-state index in [-0.39, 0.29) is 0 Å². The number of benzene rings is 2. The lowest BCUT2D eigenvalue weighted by Gasteiger charge is -2.34. The Morgan fingerprint density at radius 1 is 1.08 bits per heavy atom. The maximum absolute atomic E-state index is 11.7. The van der Waals surface area contributed by atoms with Crippen LogP contribution in [0.1, 0.15) is 19.4 Å². The molecule has 126 valence electrons. The Morgan fingerprint density at radius 2 is 1.71 bits per heavy atom. The van der Waals surface area contributed by atoms with Crippen LogP contribution in [0.25, 0.3) is 11.1 Å². The fraction of sp³-hybridized carbons (Fsp3) is 0.278. The van der Waals surface area contributed by atoms with Crippen LogP contribution in [0.4, 0.5) is 10.5 Å². The van der Waals surface area contributed by atoms with Gasteiger partial charge in [-0.3, -0.25) is 5.32 Å². The summed E-state index contributed by atoms with van der Waals surface area (Å²) in [5, 5.41) is 3.17. The second-order valence-electron chi connectivity index (χ2n) is 5.91. The van der Waals surface area contributed by atoms with E-state index in [1.165, 1.54) is 0 Å². The van der Waals surface area contributed by atoms with Crippen LogP contribution in [0.2, 0.25) is 5.02 Å². The summed E-state index contributed by atoms with van der Waals surface area (Å²) >= 11 is 6.71. The van der Waals surface area contributed by atoms with Gasteiger partial charge in [0.25, 0.3) is 0 Å². The number of amides is 1. The Bertz CT molecular complexity index is 795. The van der Waals surface area contributed by atoms with Crippen molar-refractivity contribution in [1.82, 2.24) is 0 Å². The first kappa shape index (κ1) is 16.5. The predicted octanol–water partition coefficient (Wildman–Crippen LogP) is 4.82. The number of rotatable bonds is 3. The molecule has 0 bridgehead atoms. The molecular weight excluding hydrogens is 330 g/mol. The van der Waals surface area contributed by atoms with Gasteiger partial charge in [-0.1, -0.05) is 23.7 Å². The molecule has 0 atom stereocenters. The van der Waals surface area contributed by atoms with Crippen molar-refractivity contribution >= 4 is 23.4 Å². The molecule has 1 aliphatic rings. The summed E-state index contributed by atoms with van der Waals surface area (Å²) in [6.07, 6.45) is -0.494. The first-order valence-electron chi connectivity index (χ1n) is 7.43. The van der Waals surface area contributed by atoms with Crippen molar-refractivity contribution in [2.75, 3.05) is 19.5 Å². The van der Waals surface area contributed by atoms with E-state index in [0.29, 0.717) is 27.8 Å². The van der Waals surface area contributed by atoms with Crippen LogP contribution in [0.3, 0.4) is 0 Å². The summed E-state index contributed by atoms with van der Waals surface area (Å²) < 4.78 is 16.3. The minimum Gasteiger partial charge on any atom is -0.496 e. The fourth-order valence-corrected chi connectivity index (χ4v) is 3.48. The van der Waals surface area contributed by atoms with E-state index >= 15 is 0 Å². The first-order valence-corrected chi connectivity index (χ1v) is 7.81. The van der Waals surface area contributed by atoms with Gasteiger partial charge in [0, 0.05) is 11.1 Å². The van der Waals surface area contributed by atoms with Crippen molar-refractivity contribution in [3.8, 4) is 22.6 Å². The summed E-state index contributed by atoms with van der Waals surface area (Å²) in [4.78, 5) is 11.7. The second kappa shape index (κ2) is 5.91. The molecule has 2 aromatic rings. The molecule has 1 aliphatic heterocycles. The van der Waals surface area contributed by atoms with Gasteiger partial charge in [-0.2, -0.15) is 0 Å². The zero-order valence-electron chi connectivity index (χ0n) is 13.9. The molecule has 5 nitrogen and oxygen atoms in total. The number of hydrogen-bond acceptors (Lipinski definition) is 4. The largest absolute Gasteiger partial charge is 0.496 e. The van der Waals surface area contributed by atoms with Crippen LogP contribution < -0.4 is 14.8 Å². The lowest BCUT2D eigenvalue weighted by atomic mass is 9.90. The molecule has 0 radical (unpaired) electrons. The topological polar surface area (TPSA) is 56.8 Å². The summed E-state index contributed by atoms with van der Waals surface area (Å²) in [5.41, 5.74) is 2.01. The van der Waals surface area contributed by atoms with Gasteiger partial charge in [-0.25, -0.2) is 4.79 Å². The van der Waals surface area contributed by atoms with Gasteiger partial charge in [-0.15, -0.1) is 0 Å². The molecule has 0 aliphatic carbocycles. The average molecular weight is 348 g/mol. The zero-order valence-corrected chi connectivity index (χ0v) is 14.7. The number of carbonyl (C=O) groups is 1. The van der Waals surface area contributed by atoms with Gasteiger partial charge in [-0.05, 0) is 32.0 Å². The highest BCUT2D eigenvalue weighted by atomic mass is 35.5. The molecule has 1 amide bonds. The van der Waals surface area contributed by atoms with Gasteiger partial charge in [0.05, 0.1) is 30.5 Å². The molecule has 0 saturated carbocycles. The summed E-state index contributed by atoms with van der Waals surface area (Å²) in [6.45, 7) is 3.61. The van der Waals surface area contributed by atoms with E-state index in [0.717, 1.165) is 11.1 Å². The zero-order chi connectivity index (χ0) is 17.5. The fourth-order valence-electron chi connectivity index (χ4n) is 3.00. The Balaban J connectivity index is 2.28. The van der Waals surface area contributed by atoms with E-state index in [1.807, 2.05) is 30.3 Å². The van der Waals surface area contributed by atoms with Gasteiger partial charge in [0.2, 0.25) is 0 Å². The number of fused-ring (bicyclic) bond motifs is 1. The first-order chi connectivity index (χ1) is 11.4. The van der Waals surface area contributed by atoms with Crippen LogP contribution in [0.5, 0.6) is 11.5 Å². The maximum atomic E-state index is 11.7. The Labute approximate surface area is 145 Å². The lowest BCUT2D eigenvalue weighted by molar-refractivity contribution is 0.0421. The molecule has 1 heterocycles. The van der Waals surface area contributed by atoms with Gasteiger partial charge in [0.1, 0.15) is 17.1 Å². The van der Waals surface area contributed by atoms with E-state index in [1.54, 1.807) is 28.1 Å². The van der Waals surface area contributed by atoms with Gasteiger partial charge >= 0.3 is 6.09 Å². The number of carbonyl (C=O) groups excluding carboxylic acids is 1. The standard InChI is InChI=1S/C18H18ClNO4/c1-18(2)15-11(20-17(21)24-18)9-8-10(16(15)19)14-12(22-3)6-5-7-13(14)23-4/h5-9H,1-4H3,(H,20,21). The van der Waals surface area contributed by atoms with E-state index < -0.39 is 11.7 Å². The number of ether oxygens (including phenoxy) is 3. The number of anilines is 1. The smallest absolute Gasteiger partial charge is 0.412 e. The van der Waals surface area contributed by atoms with E-state index in [2.05, 4.69) is 5.32 Å². The highest BCUT2D eigenvalue weighted by molar-refractivity contribution is 6.35. The highest BCUT2D eigenvalue weighted by Crippen LogP contribution is 2.48. The number of nitrogens with one attached hydrogen (secondary N) is 1. The lowest BCUT2D eigenvalue weighted by Crippen LogP contribution is -2.35. The van der Waals surface area contributed by atoms with Crippen LogP contribution in [-0.4, -0.2) is 20.3 Å². The monoisotopic (exact) mass is 347 g/mol. The SMILES string of the molecule is COc1cccc(OC)c1-c1ccc2c(c1Cl)C(C)(C)OC(=O)N2. The van der Waals surface area contributed by atoms with Crippen molar-refractivity contribution in [3.63, 3.8) is 0 Å². The van der Waals surface area contributed by atoms with Crippen molar-refractivity contribution in [2.24, 2.45) is 0 Å². The molecular formula is C18H18ClNO4. The summed E-state index contributed by atoms with van der Waals surface area (Å²) in [5.74, 6) is 1.30. The average Bonchev–Trinajstić information content (AvgIpc) is 2.53. The van der Waals surface area contributed by atoms with Crippen molar-refractivity contribution in [3.05, 3.63) is 40.9 Å². The molecule has 0 fully saturated rings. The Morgan fingerprint density at radius 3 is 2.29 bits per heavy atom. The van der Waals surface area contributed by atoms with E-state index in [4.69, 9.17) is 25.8 Å². The van der Waals surface area contributed by atoms with Crippen molar-refractivity contribution in [2.45, 2.75) is 19.4 Å². The molecule has 3 rings (SSSR count). The summed E-state index contributed by atoms with van der Waals surface area (Å²) in [7, 11) is 3.19. The molecule has 0 aromatic heterocycles. The Hall–Kier alpha value is -2.40. The van der Waals surface area contributed by atoms with Crippen LogP contribution in [0, 0.1) is 0 Å². The third-order valence-corrected chi connectivity index (χ3v) is 4.42. The van der Waals surface area contributed by atoms with Crippen LogP contribution >= 0.6 is 11.6 Å². The molecule has 6 heteroatoms. The third-order valence-electron chi connectivity index (χ3n) is 4.03. The van der Waals surface area contributed by atoms with Crippen LogP contribution in [-0.2, 0) is 10.3 Å². The number of hydrogen-bond donors (Lipinski definition) is 1. The van der Waals surface area contributed by atoms with Gasteiger partial charge < -0.3 is 14.2 Å². The molecule has 0 unspecified atom stereocenters. The van der Waals surface area contributed by atoms with Crippen LogP contribution in [0.15, 0.2) is 30.3 Å². The maximum Gasteiger partial charge on any atom is 0.412 e. The van der Waals surface area contributed by atoms with Gasteiger partial charge in [0.15, 0.2) is 0 Å². The third kappa shape index (κ3) is 2.55. The minimum absolute atomic E-state index is 0.486. The van der Waals surface area contributed by atoms with E-state index in [9.17, 15) is 4.79 Å². The number of methoxy groups -OCH3 is 2. The molecule has 0 saturated heterocycles. The second-order valence-corrected chi connectivity index (χ2v) is 6.29. The molecule has 2 aromatic carbocycles. The highest BCUT2D eigenvalue weighted by Gasteiger charge is 2.37. The van der Waals surface area contributed by atoms with Crippen molar-refractivity contribution < 1.29 is 19.0 Å². The summed E-state index contributed by atoms with van der Waals surface area (Å²) in [6, 6.07) is 9.18. The normalized spacial score (nSPS) is 15.1. The molecule has 0 spiro atoms. The number of cyclic esters (lactones) is 1. The molecule has 1 N–H and O–H groups in total.